The maximum Gasteiger partial charge on any atom is 0.274 e. The molecule has 22 heavy (non-hydrogen) atoms. The molecule has 0 amide bonds. The average Bonchev–Trinajstić information content (AvgIpc) is 2.83. The van der Waals surface area contributed by atoms with Gasteiger partial charge in [0.25, 0.3) is 6.20 Å². The summed E-state index contributed by atoms with van der Waals surface area (Å²) in [6.07, 6.45) is 0.929. The zero-order chi connectivity index (χ0) is 15.7. The van der Waals surface area contributed by atoms with E-state index in [0.717, 1.165) is 35.0 Å². The molecular formula is C12H21N5O2S3. The first-order valence-corrected chi connectivity index (χ1v) is 8.47. The van der Waals surface area contributed by atoms with Crippen molar-refractivity contribution >= 4 is 36.6 Å². The minimum absolute atomic E-state index is 0. The van der Waals surface area contributed by atoms with E-state index in [1.807, 2.05) is 14.1 Å². The van der Waals surface area contributed by atoms with Crippen LogP contribution in [0.2, 0.25) is 0 Å². The van der Waals surface area contributed by atoms with Crippen molar-refractivity contribution in [2.45, 2.75) is 12.3 Å². The summed E-state index contributed by atoms with van der Waals surface area (Å²) in [5.74, 6) is 2.14. The molecule has 1 aromatic heterocycles. The normalized spacial score (nSPS) is 11.2. The van der Waals surface area contributed by atoms with Gasteiger partial charge >= 0.3 is 0 Å². The van der Waals surface area contributed by atoms with Crippen LogP contribution < -0.4 is 10.6 Å². The molecule has 2 radical (unpaired) electrons. The fourth-order valence-electron chi connectivity index (χ4n) is 1.50. The fourth-order valence-corrected chi connectivity index (χ4v) is 3.26. The van der Waals surface area contributed by atoms with Crippen molar-refractivity contribution < 1.29 is 4.92 Å². The van der Waals surface area contributed by atoms with E-state index in [-0.39, 0.29) is 13.5 Å². The molecule has 7 nitrogen and oxygen atoms in total. The van der Waals surface area contributed by atoms with Crippen LogP contribution in [0, 0.1) is 10.1 Å². The summed E-state index contributed by atoms with van der Waals surface area (Å²) in [5, 5.41) is 19.3. The second kappa shape index (κ2) is 11.6. The SMILES string of the molecule is CN/C(=C\[N+](=O)[O-])NCCSCc1csc(CN(C)C)n1.[S]. The fraction of sp³-hybridized carbons (Fsp3) is 0.583. The van der Waals surface area contributed by atoms with E-state index in [4.69, 9.17) is 0 Å². The molecule has 0 aliphatic heterocycles. The number of thioether (sulfide) groups is 1. The van der Waals surface area contributed by atoms with Gasteiger partial charge in [-0.15, -0.1) is 11.3 Å². The van der Waals surface area contributed by atoms with E-state index in [9.17, 15) is 10.1 Å². The van der Waals surface area contributed by atoms with E-state index < -0.39 is 4.92 Å². The zero-order valence-electron chi connectivity index (χ0n) is 12.9. The summed E-state index contributed by atoms with van der Waals surface area (Å²) < 4.78 is 0. The van der Waals surface area contributed by atoms with Crippen molar-refractivity contribution in [2.75, 3.05) is 33.4 Å². The van der Waals surface area contributed by atoms with Gasteiger partial charge in [0.1, 0.15) is 5.01 Å². The Morgan fingerprint density at radius 3 is 2.91 bits per heavy atom. The van der Waals surface area contributed by atoms with Crippen LogP contribution in [0.25, 0.3) is 0 Å². The summed E-state index contributed by atoms with van der Waals surface area (Å²) in [5.41, 5.74) is 1.09. The predicted molar refractivity (Wildman–Crippen MR) is 95.4 cm³/mol. The summed E-state index contributed by atoms with van der Waals surface area (Å²) >= 11 is 3.43. The number of thiazole rings is 1. The van der Waals surface area contributed by atoms with Gasteiger partial charge in [0.2, 0.25) is 0 Å². The molecular weight excluding hydrogens is 342 g/mol. The molecule has 0 aliphatic rings. The van der Waals surface area contributed by atoms with Crippen molar-refractivity contribution in [1.82, 2.24) is 20.5 Å². The number of nitrogens with zero attached hydrogens (tertiary/aromatic N) is 3. The monoisotopic (exact) mass is 363 g/mol. The Bertz CT molecular complexity index is 479. The third-order valence-electron chi connectivity index (χ3n) is 2.37. The van der Waals surface area contributed by atoms with Crippen LogP contribution in [0.5, 0.6) is 0 Å². The zero-order valence-corrected chi connectivity index (χ0v) is 15.3. The largest absolute Gasteiger partial charge is 0.370 e. The van der Waals surface area contributed by atoms with Gasteiger partial charge in [-0.1, -0.05) is 0 Å². The lowest BCUT2D eigenvalue weighted by Crippen LogP contribution is -2.26. The molecule has 0 saturated heterocycles. The van der Waals surface area contributed by atoms with Crippen LogP contribution in [0.3, 0.4) is 0 Å². The summed E-state index contributed by atoms with van der Waals surface area (Å²) in [7, 11) is 5.70. The minimum Gasteiger partial charge on any atom is -0.370 e. The van der Waals surface area contributed by atoms with Crippen LogP contribution in [0.4, 0.5) is 0 Å². The second-order valence-corrected chi connectivity index (χ2v) is 6.58. The highest BCUT2D eigenvalue weighted by Gasteiger charge is 2.04. The maximum atomic E-state index is 10.4. The standard InChI is InChI=1S/C12H21N5O2S2.S/c1-13-11(6-17(18)19)14-4-5-20-8-10-9-21-12(15-10)7-16(2)3;/h6,9,13-14H,4-5,7-8H2,1-3H3;/b11-6+;. The minimum atomic E-state index is -0.479. The quantitative estimate of drug-likeness (QED) is 0.373. The molecule has 2 N–H and O–H groups in total. The molecule has 1 aromatic rings. The molecule has 1 heterocycles. The van der Waals surface area contributed by atoms with Crippen molar-refractivity contribution in [1.29, 1.82) is 0 Å². The number of aromatic nitrogens is 1. The Morgan fingerprint density at radius 2 is 2.32 bits per heavy atom. The third-order valence-corrected chi connectivity index (χ3v) is 4.24. The molecule has 0 saturated carbocycles. The number of hydrogen-bond donors (Lipinski definition) is 2. The van der Waals surface area contributed by atoms with E-state index in [2.05, 4.69) is 25.9 Å². The first kappa shape index (κ1) is 21.0. The van der Waals surface area contributed by atoms with Gasteiger partial charge in [0.15, 0.2) is 5.82 Å². The van der Waals surface area contributed by atoms with E-state index in [1.165, 1.54) is 0 Å². The van der Waals surface area contributed by atoms with Crippen LogP contribution >= 0.6 is 36.6 Å². The highest BCUT2D eigenvalue weighted by molar-refractivity contribution is 7.98. The lowest BCUT2D eigenvalue weighted by molar-refractivity contribution is -0.404. The Morgan fingerprint density at radius 1 is 1.59 bits per heavy atom. The van der Waals surface area contributed by atoms with Crippen LogP contribution in [0.1, 0.15) is 10.7 Å². The first-order valence-electron chi connectivity index (χ1n) is 6.44. The van der Waals surface area contributed by atoms with Gasteiger partial charge in [-0.3, -0.25) is 10.1 Å². The van der Waals surface area contributed by atoms with Crippen molar-refractivity contribution in [3.05, 3.63) is 38.2 Å². The topological polar surface area (TPSA) is 83.3 Å². The molecule has 1 rings (SSSR count). The maximum absolute atomic E-state index is 10.4. The van der Waals surface area contributed by atoms with Gasteiger partial charge in [0, 0.05) is 50.5 Å². The molecule has 0 fully saturated rings. The third kappa shape index (κ3) is 9.13. The molecule has 0 aliphatic carbocycles. The van der Waals surface area contributed by atoms with Crippen LogP contribution in [0.15, 0.2) is 17.4 Å². The highest BCUT2D eigenvalue weighted by Crippen LogP contribution is 2.16. The Kier molecular flexibility index (Phi) is 11.1. The molecule has 0 spiro atoms. The Balaban J connectivity index is 0.00000441. The van der Waals surface area contributed by atoms with Crippen molar-refractivity contribution in [3.63, 3.8) is 0 Å². The number of rotatable bonds is 10. The van der Waals surface area contributed by atoms with E-state index in [1.54, 1.807) is 30.1 Å². The lowest BCUT2D eigenvalue weighted by atomic mass is 10.5. The molecule has 0 aromatic carbocycles. The van der Waals surface area contributed by atoms with Gasteiger partial charge in [-0.05, 0) is 14.1 Å². The van der Waals surface area contributed by atoms with Crippen LogP contribution in [-0.2, 0) is 12.3 Å². The van der Waals surface area contributed by atoms with Crippen LogP contribution in [-0.4, -0.2) is 48.2 Å². The Hall–Kier alpha value is -0.970. The van der Waals surface area contributed by atoms with Gasteiger partial charge < -0.3 is 15.5 Å². The average molecular weight is 364 g/mol. The number of nitro groups is 1. The van der Waals surface area contributed by atoms with Crippen molar-refractivity contribution in [3.8, 4) is 0 Å². The van der Waals surface area contributed by atoms with Crippen molar-refractivity contribution in [2.24, 2.45) is 0 Å². The molecule has 0 atom stereocenters. The second-order valence-electron chi connectivity index (χ2n) is 4.53. The first-order chi connectivity index (χ1) is 10.0. The predicted octanol–water partition coefficient (Wildman–Crippen LogP) is 1.97. The van der Waals surface area contributed by atoms with E-state index in [0.29, 0.717) is 12.4 Å². The number of nitrogens with one attached hydrogen (secondary N) is 2. The van der Waals surface area contributed by atoms with Gasteiger partial charge in [-0.2, -0.15) is 11.8 Å². The summed E-state index contributed by atoms with van der Waals surface area (Å²) in [6, 6.07) is 0. The number of hydrogen-bond acceptors (Lipinski definition) is 8. The van der Waals surface area contributed by atoms with Gasteiger partial charge in [-0.25, -0.2) is 4.98 Å². The molecule has 10 heteroatoms. The summed E-state index contributed by atoms with van der Waals surface area (Å²) in [6.45, 7) is 1.54. The molecule has 124 valence electrons. The highest BCUT2D eigenvalue weighted by atomic mass is 32.2. The van der Waals surface area contributed by atoms with E-state index >= 15 is 0 Å². The van der Waals surface area contributed by atoms with Gasteiger partial charge in [0.05, 0.1) is 10.6 Å². The lowest BCUT2D eigenvalue weighted by Gasteiger charge is -2.07. The molecule has 0 bridgehead atoms. The molecule has 0 unspecified atom stereocenters. The smallest absolute Gasteiger partial charge is 0.274 e. The summed E-state index contributed by atoms with van der Waals surface area (Å²) in [4.78, 5) is 16.5. The Labute approximate surface area is 146 Å².